The van der Waals surface area contributed by atoms with Gasteiger partial charge < -0.3 is 14.2 Å². The lowest BCUT2D eigenvalue weighted by Crippen LogP contribution is -2.30. The molecule has 6 heteroatoms. The van der Waals surface area contributed by atoms with Gasteiger partial charge in [-0.25, -0.2) is 0 Å². The van der Waals surface area contributed by atoms with E-state index in [1.807, 2.05) is 32.1 Å². The zero-order valence-corrected chi connectivity index (χ0v) is 24.7. The van der Waals surface area contributed by atoms with Crippen LogP contribution in [-0.4, -0.2) is 37.2 Å². The summed E-state index contributed by atoms with van der Waals surface area (Å²) in [6, 6.07) is 0. The largest absolute Gasteiger partial charge is 0.462 e. The van der Waals surface area contributed by atoms with Crippen molar-refractivity contribution < 1.29 is 28.6 Å². The van der Waals surface area contributed by atoms with Crippen LogP contribution in [0.15, 0.2) is 24.3 Å². The summed E-state index contributed by atoms with van der Waals surface area (Å²) in [7, 11) is 0. The lowest BCUT2D eigenvalue weighted by atomic mass is 10.0. The fourth-order valence-electron chi connectivity index (χ4n) is 3.99. The van der Waals surface area contributed by atoms with Gasteiger partial charge in [-0.2, -0.15) is 0 Å². The van der Waals surface area contributed by atoms with Gasteiger partial charge in [0.2, 0.25) is 0 Å². The average molecular weight is 537 g/mol. The quantitative estimate of drug-likeness (QED) is 0.0477. The average Bonchev–Trinajstić information content (AvgIpc) is 2.91. The van der Waals surface area contributed by atoms with Crippen LogP contribution in [0.4, 0.5) is 0 Å². The third-order valence-electron chi connectivity index (χ3n) is 6.25. The minimum Gasteiger partial charge on any atom is -0.462 e. The molecule has 0 N–H and O–H groups in total. The van der Waals surface area contributed by atoms with E-state index in [0.717, 1.165) is 32.1 Å². The van der Waals surface area contributed by atoms with Crippen LogP contribution in [-0.2, 0) is 28.6 Å². The van der Waals surface area contributed by atoms with Crippen LogP contribution in [0.1, 0.15) is 143 Å². The number of hydrogen-bond acceptors (Lipinski definition) is 6. The van der Waals surface area contributed by atoms with Crippen molar-refractivity contribution in [2.45, 2.75) is 149 Å². The Balaban J connectivity index is 4.11. The molecule has 0 aliphatic rings. The predicted octanol–water partition coefficient (Wildman–Crippen LogP) is 8.57. The monoisotopic (exact) mass is 536 g/mol. The minimum atomic E-state index is -0.803. The molecule has 0 aliphatic carbocycles. The summed E-state index contributed by atoms with van der Waals surface area (Å²) in [5.74, 6) is -1.11. The minimum absolute atomic E-state index is 0.108. The first-order valence-corrected chi connectivity index (χ1v) is 15.3. The number of ether oxygens (including phenoxy) is 3. The second-order valence-corrected chi connectivity index (χ2v) is 9.97. The van der Waals surface area contributed by atoms with Crippen molar-refractivity contribution in [2.75, 3.05) is 13.2 Å². The zero-order chi connectivity index (χ0) is 28.1. The fraction of sp³-hybridized carbons (Fsp3) is 0.781. The maximum Gasteiger partial charge on any atom is 0.310 e. The smallest absolute Gasteiger partial charge is 0.310 e. The number of esters is 3. The molecular formula is C32H56O6. The molecule has 6 nitrogen and oxygen atoms in total. The Morgan fingerprint density at radius 3 is 1.55 bits per heavy atom. The van der Waals surface area contributed by atoms with Crippen LogP contribution >= 0.6 is 0 Å². The molecule has 0 spiro atoms. The Bertz CT molecular complexity index is 640. The van der Waals surface area contributed by atoms with Gasteiger partial charge in [0.25, 0.3) is 0 Å². The number of carbonyl (C=O) groups is 3. The molecule has 0 radical (unpaired) electrons. The highest BCUT2D eigenvalue weighted by Crippen LogP contribution is 2.13. The SMILES string of the molecule is CC/C=C\CCC(=O)OCC(COC(=O)CCCCCCCCCCCCCCC)OC(=O)C/C=C\CC. The van der Waals surface area contributed by atoms with Gasteiger partial charge in [0, 0.05) is 12.8 Å². The molecule has 0 bridgehead atoms. The summed E-state index contributed by atoms with van der Waals surface area (Å²) in [4.78, 5) is 36.3. The predicted molar refractivity (Wildman–Crippen MR) is 155 cm³/mol. The maximum atomic E-state index is 12.2. The summed E-state index contributed by atoms with van der Waals surface area (Å²) in [6.45, 7) is 6.04. The number of allylic oxidation sites excluding steroid dienone is 3. The molecule has 0 saturated heterocycles. The second kappa shape index (κ2) is 27.9. The van der Waals surface area contributed by atoms with Gasteiger partial charge in [-0.05, 0) is 25.7 Å². The van der Waals surface area contributed by atoms with Gasteiger partial charge in [0.15, 0.2) is 6.10 Å². The molecule has 0 aromatic carbocycles. The van der Waals surface area contributed by atoms with Gasteiger partial charge in [0.05, 0.1) is 6.42 Å². The molecule has 0 aliphatic heterocycles. The van der Waals surface area contributed by atoms with E-state index in [1.165, 1.54) is 64.2 Å². The second-order valence-electron chi connectivity index (χ2n) is 9.97. The molecular weight excluding hydrogens is 480 g/mol. The van der Waals surface area contributed by atoms with Crippen molar-refractivity contribution in [1.29, 1.82) is 0 Å². The zero-order valence-electron chi connectivity index (χ0n) is 24.7. The Kier molecular flexibility index (Phi) is 26.4. The van der Waals surface area contributed by atoms with E-state index in [0.29, 0.717) is 12.8 Å². The van der Waals surface area contributed by atoms with Gasteiger partial charge >= 0.3 is 17.9 Å². The fourth-order valence-corrected chi connectivity index (χ4v) is 3.99. The Morgan fingerprint density at radius 1 is 0.553 bits per heavy atom. The third-order valence-corrected chi connectivity index (χ3v) is 6.25. The highest BCUT2D eigenvalue weighted by molar-refractivity contribution is 5.72. The van der Waals surface area contributed by atoms with Gasteiger partial charge in [-0.3, -0.25) is 14.4 Å². The van der Waals surface area contributed by atoms with Crippen molar-refractivity contribution in [3.05, 3.63) is 24.3 Å². The summed E-state index contributed by atoms with van der Waals surface area (Å²) in [5.41, 5.74) is 0. The molecule has 38 heavy (non-hydrogen) atoms. The van der Waals surface area contributed by atoms with Crippen LogP contribution in [0.2, 0.25) is 0 Å². The number of unbranched alkanes of at least 4 members (excludes halogenated alkanes) is 12. The van der Waals surface area contributed by atoms with E-state index < -0.39 is 12.1 Å². The third kappa shape index (κ3) is 25.5. The van der Waals surface area contributed by atoms with Gasteiger partial charge in [-0.1, -0.05) is 122 Å². The molecule has 220 valence electrons. The molecule has 0 aromatic heterocycles. The first kappa shape index (κ1) is 35.9. The number of rotatable bonds is 26. The molecule has 1 unspecified atom stereocenters. The van der Waals surface area contributed by atoms with Crippen molar-refractivity contribution >= 4 is 17.9 Å². The Labute approximate surface area is 232 Å². The number of carbonyl (C=O) groups excluding carboxylic acids is 3. The van der Waals surface area contributed by atoms with E-state index in [-0.39, 0.29) is 38.0 Å². The highest BCUT2D eigenvalue weighted by atomic mass is 16.6. The molecule has 0 amide bonds. The molecule has 0 saturated carbocycles. The first-order chi connectivity index (χ1) is 18.5. The Morgan fingerprint density at radius 2 is 1.03 bits per heavy atom. The van der Waals surface area contributed by atoms with Crippen molar-refractivity contribution in [1.82, 2.24) is 0 Å². The maximum absolute atomic E-state index is 12.2. The van der Waals surface area contributed by atoms with Crippen LogP contribution in [0, 0.1) is 0 Å². The van der Waals surface area contributed by atoms with Crippen molar-refractivity contribution in [2.24, 2.45) is 0 Å². The van der Waals surface area contributed by atoms with Crippen molar-refractivity contribution in [3.8, 4) is 0 Å². The van der Waals surface area contributed by atoms with E-state index in [9.17, 15) is 14.4 Å². The van der Waals surface area contributed by atoms with Crippen LogP contribution in [0.5, 0.6) is 0 Å². The Hall–Kier alpha value is -2.11. The summed E-state index contributed by atoms with van der Waals surface area (Å²) < 4.78 is 16.0. The van der Waals surface area contributed by atoms with Crippen molar-refractivity contribution in [3.63, 3.8) is 0 Å². The molecule has 0 aromatic rings. The summed E-state index contributed by atoms with van der Waals surface area (Å²) in [6.07, 6.45) is 26.1. The molecule has 1 atom stereocenters. The van der Waals surface area contributed by atoms with Crippen LogP contribution in [0.25, 0.3) is 0 Å². The van der Waals surface area contributed by atoms with Crippen LogP contribution < -0.4 is 0 Å². The van der Waals surface area contributed by atoms with E-state index in [1.54, 1.807) is 6.08 Å². The number of hydrogen-bond donors (Lipinski definition) is 0. The van der Waals surface area contributed by atoms with Crippen LogP contribution in [0.3, 0.4) is 0 Å². The van der Waals surface area contributed by atoms with E-state index in [2.05, 4.69) is 6.92 Å². The molecule has 0 heterocycles. The summed E-state index contributed by atoms with van der Waals surface area (Å²) >= 11 is 0. The van der Waals surface area contributed by atoms with E-state index in [4.69, 9.17) is 14.2 Å². The standard InChI is InChI=1S/C32H56O6/c1-4-7-10-12-13-14-15-16-17-18-19-20-23-25-31(34)37-28-29(38-32(35)26-21-9-6-3)27-36-30(33)24-22-11-8-5-2/h8-9,11,21,29H,4-7,10,12-20,22-28H2,1-3H3/b11-8-,21-9-. The lowest BCUT2D eigenvalue weighted by Gasteiger charge is -2.18. The normalized spacial score (nSPS) is 12.2. The summed E-state index contributed by atoms with van der Waals surface area (Å²) in [5, 5.41) is 0. The van der Waals surface area contributed by atoms with E-state index >= 15 is 0 Å². The highest BCUT2D eigenvalue weighted by Gasteiger charge is 2.19. The van der Waals surface area contributed by atoms with Gasteiger partial charge in [0.1, 0.15) is 13.2 Å². The first-order valence-electron chi connectivity index (χ1n) is 15.3. The van der Waals surface area contributed by atoms with Gasteiger partial charge in [-0.15, -0.1) is 0 Å². The molecule has 0 fully saturated rings. The lowest BCUT2D eigenvalue weighted by molar-refractivity contribution is -0.166. The topological polar surface area (TPSA) is 78.9 Å². The molecule has 0 rings (SSSR count).